The van der Waals surface area contributed by atoms with Crippen LogP contribution >= 0.6 is 0 Å². The third-order valence-electron chi connectivity index (χ3n) is 3.11. The van der Waals surface area contributed by atoms with Crippen molar-refractivity contribution in [1.82, 2.24) is 10.2 Å². The lowest BCUT2D eigenvalue weighted by Gasteiger charge is -2.33. The average Bonchev–Trinajstić information content (AvgIpc) is 2.96. The highest BCUT2D eigenvalue weighted by Gasteiger charge is 2.39. The van der Waals surface area contributed by atoms with Gasteiger partial charge in [-0.25, -0.2) is 0 Å². The zero-order valence-corrected chi connectivity index (χ0v) is 11.6. The first-order valence-electron chi connectivity index (χ1n) is 6.75. The largest absolute Gasteiger partial charge is 0.401 e. The maximum Gasteiger partial charge on any atom is 0.401 e. The molecule has 18 heavy (non-hydrogen) atoms. The van der Waals surface area contributed by atoms with E-state index in [0.29, 0.717) is 6.54 Å². The van der Waals surface area contributed by atoms with E-state index in [4.69, 9.17) is 0 Å². The monoisotopic (exact) mass is 266 g/mol. The molecule has 0 aliphatic heterocycles. The molecule has 0 aromatic carbocycles. The number of hydrogen-bond donors (Lipinski definition) is 1. The lowest BCUT2D eigenvalue weighted by Crippen LogP contribution is -2.45. The standard InChI is InChI=1S/C13H25F3N2/c1-4-7-17-8-12(2,3)9-18(11-5-6-11)10-13(14,15)16/h11,17H,4-10H2,1-3H3. The first-order valence-corrected chi connectivity index (χ1v) is 6.75. The van der Waals surface area contributed by atoms with Gasteiger partial charge in [-0.15, -0.1) is 0 Å². The maximum atomic E-state index is 12.5. The fraction of sp³-hybridized carbons (Fsp3) is 1.00. The summed E-state index contributed by atoms with van der Waals surface area (Å²) in [5, 5.41) is 3.29. The number of nitrogens with one attached hydrogen (secondary N) is 1. The predicted octanol–water partition coefficient (Wildman–Crippen LogP) is 3.04. The molecule has 1 aliphatic rings. The van der Waals surface area contributed by atoms with Crippen molar-refractivity contribution in [2.24, 2.45) is 5.41 Å². The van der Waals surface area contributed by atoms with Crippen LogP contribution in [0.5, 0.6) is 0 Å². The second kappa shape index (κ2) is 6.24. The van der Waals surface area contributed by atoms with Crippen LogP contribution in [0.1, 0.15) is 40.0 Å². The summed E-state index contributed by atoms with van der Waals surface area (Å²) in [6.45, 7) is 7.57. The van der Waals surface area contributed by atoms with Crippen LogP contribution in [0.2, 0.25) is 0 Å². The Morgan fingerprint density at radius 2 is 1.78 bits per heavy atom. The van der Waals surface area contributed by atoms with Crippen molar-refractivity contribution in [3.63, 3.8) is 0 Å². The fourth-order valence-corrected chi connectivity index (χ4v) is 2.19. The minimum Gasteiger partial charge on any atom is -0.316 e. The van der Waals surface area contributed by atoms with Gasteiger partial charge in [0.25, 0.3) is 0 Å². The summed E-state index contributed by atoms with van der Waals surface area (Å²) >= 11 is 0. The Labute approximate surface area is 108 Å². The molecule has 1 N–H and O–H groups in total. The minimum atomic E-state index is -4.09. The Balaban J connectivity index is 2.43. The van der Waals surface area contributed by atoms with E-state index in [0.717, 1.165) is 32.4 Å². The van der Waals surface area contributed by atoms with Crippen LogP contribution in [0.3, 0.4) is 0 Å². The minimum absolute atomic E-state index is 0.122. The van der Waals surface area contributed by atoms with Crippen molar-refractivity contribution in [3.05, 3.63) is 0 Å². The first-order chi connectivity index (χ1) is 8.23. The summed E-state index contributed by atoms with van der Waals surface area (Å²) in [4.78, 5) is 1.60. The lowest BCUT2D eigenvalue weighted by molar-refractivity contribution is -0.149. The third kappa shape index (κ3) is 6.59. The quantitative estimate of drug-likeness (QED) is 0.679. The van der Waals surface area contributed by atoms with Gasteiger partial charge < -0.3 is 5.32 Å². The predicted molar refractivity (Wildman–Crippen MR) is 67.6 cm³/mol. The van der Waals surface area contributed by atoms with Gasteiger partial charge in [0.15, 0.2) is 0 Å². The molecule has 0 amide bonds. The molecule has 0 aromatic rings. The molecule has 0 radical (unpaired) electrons. The van der Waals surface area contributed by atoms with Crippen molar-refractivity contribution in [1.29, 1.82) is 0 Å². The van der Waals surface area contributed by atoms with Gasteiger partial charge in [-0.2, -0.15) is 13.2 Å². The maximum absolute atomic E-state index is 12.5. The highest BCUT2D eigenvalue weighted by atomic mass is 19.4. The van der Waals surface area contributed by atoms with E-state index in [1.165, 1.54) is 0 Å². The van der Waals surface area contributed by atoms with Crippen LogP contribution in [0, 0.1) is 5.41 Å². The van der Waals surface area contributed by atoms with Gasteiger partial charge in [-0.3, -0.25) is 4.90 Å². The molecule has 1 aliphatic carbocycles. The topological polar surface area (TPSA) is 15.3 Å². The molecular weight excluding hydrogens is 241 g/mol. The van der Waals surface area contributed by atoms with E-state index in [1.54, 1.807) is 4.90 Å². The van der Waals surface area contributed by atoms with E-state index < -0.39 is 12.7 Å². The number of rotatable bonds is 8. The molecular formula is C13H25F3N2. The Hall–Kier alpha value is -0.290. The Morgan fingerprint density at radius 1 is 1.17 bits per heavy atom. The normalized spacial score (nSPS) is 17.5. The van der Waals surface area contributed by atoms with Crippen molar-refractivity contribution in [3.8, 4) is 0 Å². The van der Waals surface area contributed by atoms with Gasteiger partial charge in [0, 0.05) is 19.1 Å². The molecule has 0 aromatic heterocycles. The molecule has 0 spiro atoms. The third-order valence-corrected chi connectivity index (χ3v) is 3.11. The van der Waals surface area contributed by atoms with Gasteiger partial charge >= 0.3 is 6.18 Å². The first kappa shape index (κ1) is 15.8. The van der Waals surface area contributed by atoms with Crippen LogP contribution in [-0.4, -0.2) is 43.3 Å². The number of alkyl halides is 3. The summed E-state index contributed by atoms with van der Waals surface area (Å²) in [6.07, 6.45) is -1.22. The molecule has 5 heteroatoms. The summed E-state index contributed by atoms with van der Waals surface area (Å²) in [5.74, 6) is 0. The number of halogens is 3. The zero-order valence-electron chi connectivity index (χ0n) is 11.6. The summed E-state index contributed by atoms with van der Waals surface area (Å²) < 4.78 is 37.6. The second-order valence-corrected chi connectivity index (χ2v) is 6.09. The molecule has 0 bridgehead atoms. The van der Waals surface area contributed by atoms with Crippen LogP contribution in [0.4, 0.5) is 13.2 Å². The smallest absolute Gasteiger partial charge is 0.316 e. The van der Waals surface area contributed by atoms with Crippen LogP contribution in [0.15, 0.2) is 0 Å². The summed E-state index contributed by atoms with van der Waals surface area (Å²) in [6, 6.07) is 0.150. The number of nitrogens with zero attached hydrogens (tertiary/aromatic N) is 1. The van der Waals surface area contributed by atoms with E-state index >= 15 is 0 Å². The van der Waals surface area contributed by atoms with Gasteiger partial charge in [0.2, 0.25) is 0 Å². The van der Waals surface area contributed by atoms with Gasteiger partial charge in [0.05, 0.1) is 6.54 Å². The second-order valence-electron chi connectivity index (χ2n) is 6.09. The SMILES string of the molecule is CCCNCC(C)(C)CN(CC(F)(F)F)C1CC1. The summed E-state index contributed by atoms with van der Waals surface area (Å²) in [5.41, 5.74) is -0.122. The molecule has 1 saturated carbocycles. The molecule has 0 atom stereocenters. The van der Waals surface area contributed by atoms with Gasteiger partial charge in [-0.1, -0.05) is 20.8 Å². The molecule has 2 nitrogen and oxygen atoms in total. The Bertz CT molecular complexity index is 247. The molecule has 108 valence electrons. The van der Waals surface area contributed by atoms with E-state index in [-0.39, 0.29) is 11.5 Å². The molecule has 1 fully saturated rings. The van der Waals surface area contributed by atoms with Gasteiger partial charge in [0.1, 0.15) is 0 Å². The van der Waals surface area contributed by atoms with Crippen molar-refractivity contribution in [2.75, 3.05) is 26.2 Å². The molecule has 0 heterocycles. The fourth-order valence-electron chi connectivity index (χ4n) is 2.19. The lowest BCUT2D eigenvalue weighted by atomic mass is 9.92. The van der Waals surface area contributed by atoms with Crippen molar-refractivity contribution >= 4 is 0 Å². The highest BCUT2D eigenvalue weighted by molar-refractivity contribution is 4.89. The summed E-state index contributed by atoms with van der Waals surface area (Å²) in [7, 11) is 0. The van der Waals surface area contributed by atoms with E-state index in [9.17, 15) is 13.2 Å². The molecule has 1 rings (SSSR count). The zero-order chi connectivity index (χ0) is 13.8. The van der Waals surface area contributed by atoms with Crippen LogP contribution in [0.25, 0.3) is 0 Å². The van der Waals surface area contributed by atoms with E-state index in [1.807, 2.05) is 13.8 Å². The molecule has 0 saturated heterocycles. The average molecular weight is 266 g/mol. The van der Waals surface area contributed by atoms with Crippen LogP contribution in [-0.2, 0) is 0 Å². The Morgan fingerprint density at radius 3 is 2.22 bits per heavy atom. The van der Waals surface area contributed by atoms with Crippen molar-refractivity contribution < 1.29 is 13.2 Å². The van der Waals surface area contributed by atoms with Gasteiger partial charge in [-0.05, 0) is 31.2 Å². The molecule has 0 unspecified atom stereocenters. The Kier molecular flexibility index (Phi) is 5.46. The highest BCUT2D eigenvalue weighted by Crippen LogP contribution is 2.32. The number of hydrogen-bond acceptors (Lipinski definition) is 2. The van der Waals surface area contributed by atoms with Crippen LogP contribution < -0.4 is 5.32 Å². The van der Waals surface area contributed by atoms with E-state index in [2.05, 4.69) is 12.2 Å². The van der Waals surface area contributed by atoms with Crippen molar-refractivity contribution in [2.45, 2.75) is 52.3 Å².